The summed E-state index contributed by atoms with van der Waals surface area (Å²) >= 11 is 0. The number of hydrogen-bond donors (Lipinski definition) is 2. The summed E-state index contributed by atoms with van der Waals surface area (Å²) in [7, 11) is 1.85. The van der Waals surface area contributed by atoms with E-state index in [1.807, 2.05) is 30.1 Å². The van der Waals surface area contributed by atoms with Gasteiger partial charge < -0.3 is 20.4 Å². The second-order valence-corrected chi connectivity index (χ2v) is 12.8. The highest BCUT2D eigenvalue weighted by Crippen LogP contribution is 2.31. The van der Waals surface area contributed by atoms with Crippen LogP contribution in [0.25, 0.3) is 11.0 Å². The third kappa shape index (κ3) is 6.50. The number of rotatable bonds is 9. The molecule has 1 aromatic heterocycles. The molecule has 3 aromatic rings. The Hall–Kier alpha value is -3.79. The molecule has 0 spiro atoms. The Balaban J connectivity index is 1.19. The molecule has 3 fully saturated rings. The minimum atomic E-state index is -0.599. The first-order valence-electron chi connectivity index (χ1n) is 16.4. The number of piperidine rings is 1. The number of carbonyl (C=O) groups excluding carboxylic acids is 3. The predicted octanol–water partition coefficient (Wildman–Crippen LogP) is 2.99. The van der Waals surface area contributed by atoms with Crippen LogP contribution < -0.4 is 10.6 Å². The lowest BCUT2D eigenvalue weighted by Crippen LogP contribution is -2.59. The van der Waals surface area contributed by atoms with Gasteiger partial charge in [-0.3, -0.25) is 14.4 Å². The molecule has 0 unspecified atom stereocenters. The van der Waals surface area contributed by atoms with Crippen LogP contribution in [0.1, 0.15) is 62.1 Å². The van der Waals surface area contributed by atoms with Crippen LogP contribution in [0.15, 0.2) is 42.5 Å². The number of nitrogens with zero attached hydrogens (tertiary/aromatic N) is 5. The van der Waals surface area contributed by atoms with Crippen LogP contribution in [0.4, 0.5) is 0 Å². The van der Waals surface area contributed by atoms with E-state index in [1.54, 1.807) is 9.58 Å². The quantitative estimate of drug-likeness (QED) is 0.391. The summed E-state index contributed by atoms with van der Waals surface area (Å²) in [6.45, 7) is 5.26. The van der Waals surface area contributed by atoms with E-state index < -0.39 is 12.1 Å². The van der Waals surface area contributed by atoms with Crippen molar-refractivity contribution in [3.8, 4) is 0 Å². The van der Waals surface area contributed by atoms with Crippen LogP contribution in [-0.2, 0) is 40.8 Å². The van der Waals surface area contributed by atoms with Gasteiger partial charge >= 0.3 is 0 Å². The van der Waals surface area contributed by atoms with E-state index in [0.717, 1.165) is 68.2 Å². The summed E-state index contributed by atoms with van der Waals surface area (Å²) in [6.07, 6.45) is 7.16. The molecule has 44 heavy (non-hydrogen) atoms. The predicted molar refractivity (Wildman–Crippen MR) is 168 cm³/mol. The molecule has 234 valence electrons. The third-order valence-electron chi connectivity index (χ3n) is 9.66. The second-order valence-electron chi connectivity index (χ2n) is 12.8. The summed E-state index contributed by atoms with van der Waals surface area (Å²) in [6, 6.07) is 13.4. The summed E-state index contributed by atoms with van der Waals surface area (Å²) in [5.41, 5.74) is 5.18. The highest BCUT2D eigenvalue weighted by Gasteiger charge is 2.46. The number of carbonyl (C=O) groups is 3. The Morgan fingerprint density at radius 3 is 2.50 bits per heavy atom. The van der Waals surface area contributed by atoms with Crippen LogP contribution in [0.3, 0.4) is 0 Å². The van der Waals surface area contributed by atoms with E-state index in [2.05, 4.69) is 52.1 Å². The maximum absolute atomic E-state index is 14.3. The van der Waals surface area contributed by atoms with Gasteiger partial charge in [-0.05, 0) is 86.2 Å². The molecule has 0 saturated carbocycles. The van der Waals surface area contributed by atoms with Crippen molar-refractivity contribution in [3.05, 3.63) is 59.2 Å². The van der Waals surface area contributed by atoms with Gasteiger partial charge in [0.1, 0.15) is 11.6 Å². The standard InChI is InChI=1S/C34H45N7O3/c1-3-7-23-9-11-24(12-10-23)18-26-20-30(32(42)36-21-25-13-14-29-28(19-25)37-38-39(29)2)41(22-26)34(44)31-27(8-6-15-35-31)33(43)40-16-4-5-17-40/h9-14,19,26-27,30-31,35H,3-8,15-18,20-22H2,1-2H3,(H,36,42)/t26-,27+,30+,31-/m1/s1. The van der Waals surface area contributed by atoms with Gasteiger partial charge in [-0.1, -0.05) is 48.9 Å². The van der Waals surface area contributed by atoms with Crippen molar-refractivity contribution in [3.63, 3.8) is 0 Å². The molecule has 4 atom stereocenters. The minimum absolute atomic E-state index is 0.0800. The topological polar surface area (TPSA) is 112 Å². The number of aromatic nitrogens is 3. The lowest BCUT2D eigenvalue weighted by molar-refractivity contribution is -0.146. The van der Waals surface area contributed by atoms with Crippen molar-refractivity contribution in [2.24, 2.45) is 18.9 Å². The van der Waals surface area contributed by atoms with Crippen LogP contribution >= 0.6 is 0 Å². The maximum atomic E-state index is 14.3. The third-order valence-corrected chi connectivity index (χ3v) is 9.66. The molecule has 3 amide bonds. The van der Waals surface area contributed by atoms with Gasteiger partial charge in [0.05, 0.1) is 17.5 Å². The molecule has 2 N–H and O–H groups in total. The fourth-order valence-corrected chi connectivity index (χ4v) is 7.29. The number of nitrogens with one attached hydrogen (secondary N) is 2. The number of aryl methyl sites for hydroxylation is 2. The van der Waals surface area contributed by atoms with Gasteiger partial charge in [-0.25, -0.2) is 4.68 Å². The smallest absolute Gasteiger partial charge is 0.243 e. The summed E-state index contributed by atoms with van der Waals surface area (Å²) in [5.74, 6) is -0.432. The Labute approximate surface area is 259 Å². The van der Waals surface area contributed by atoms with Crippen LogP contribution in [0, 0.1) is 11.8 Å². The van der Waals surface area contributed by atoms with Gasteiger partial charge in [-0.15, -0.1) is 5.10 Å². The van der Waals surface area contributed by atoms with E-state index >= 15 is 0 Å². The molecule has 6 rings (SSSR count). The Kier molecular flexibility index (Phi) is 9.25. The molecule has 3 saturated heterocycles. The normalized spacial score (nSPS) is 23.8. The van der Waals surface area contributed by atoms with Crippen LogP contribution in [0.5, 0.6) is 0 Å². The van der Waals surface area contributed by atoms with Crippen molar-refractivity contribution in [1.82, 2.24) is 35.4 Å². The molecule has 3 aliphatic heterocycles. The molecule has 3 aliphatic rings. The van der Waals surface area contributed by atoms with E-state index in [4.69, 9.17) is 0 Å². The fraction of sp³-hybridized carbons (Fsp3) is 0.559. The fourth-order valence-electron chi connectivity index (χ4n) is 7.29. The summed E-state index contributed by atoms with van der Waals surface area (Å²) < 4.78 is 1.72. The summed E-state index contributed by atoms with van der Waals surface area (Å²) in [5, 5.41) is 14.8. The van der Waals surface area contributed by atoms with Crippen molar-refractivity contribution in [2.75, 3.05) is 26.2 Å². The van der Waals surface area contributed by atoms with Gasteiger partial charge in [0.25, 0.3) is 0 Å². The Morgan fingerprint density at radius 1 is 0.977 bits per heavy atom. The molecule has 0 radical (unpaired) electrons. The second kappa shape index (κ2) is 13.5. The molecular weight excluding hydrogens is 554 g/mol. The average molecular weight is 600 g/mol. The maximum Gasteiger partial charge on any atom is 0.243 e. The lowest BCUT2D eigenvalue weighted by atomic mass is 9.88. The van der Waals surface area contributed by atoms with E-state index in [9.17, 15) is 14.4 Å². The highest BCUT2D eigenvalue weighted by molar-refractivity contribution is 5.94. The van der Waals surface area contributed by atoms with Gasteiger partial charge in [0.2, 0.25) is 17.7 Å². The van der Waals surface area contributed by atoms with Crippen molar-refractivity contribution in [1.29, 1.82) is 0 Å². The van der Waals surface area contributed by atoms with Crippen LogP contribution in [-0.4, -0.2) is 80.8 Å². The Bertz CT molecular complexity index is 1480. The number of fused-ring (bicyclic) bond motifs is 1. The van der Waals surface area contributed by atoms with Gasteiger partial charge in [0, 0.05) is 33.2 Å². The Morgan fingerprint density at radius 2 is 1.73 bits per heavy atom. The first kappa shape index (κ1) is 30.2. The number of hydrogen-bond acceptors (Lipinski definition) is 6. The van der Waals surface area contributed by atoms with Crippen LogP contribution in [0.2, 0.25) is 0 Å². The zero-order valence-electron chi connectivity index (χ0n) is 26.0. The van der Waals surface area contributed by atoms with Crippen molar-refractivity contribution < 1.29 is 14.4 Å². The molecule has 0 bridgehead atoms. The number of benzene rings is 2. The first-order chi connectivity index (χ1) is 21.4. The molecule has 10 heteroatoms. The summed E-state index contributed by atoms with van der Waals surface area (Å²) in [4.78, 5) is 45.3. The highest BCUT2D eigenvalue weighted by atomic mass is 16.2. The van der Waals surface area contributed by atoms with Crippen molar-refractivity contribution >= 4 is 28.8 Å². The number of likely N-dealkylation sites (tertiary alicyclic amines) is 2. The van der Waals surface area contributed by atoms with Gasteiger partial charge in [-0.2, -0.15) is 0 Å². The molecule has 0 aliphatic carbocycles. The first-order valence-corrected chi connectivity index (χ1v) is 16.4. The zero-order valence-corrected chi connectivity index (χ0v) is 26.0. The van der Waals surface area contributed by atoms with Crippen molar-refractivity contribution in [2.45, 2.75) is 76.9 Å². The largest absolute Gasteiger partial charge is 0.350 e. The zero-order chi connectivity index (χ0) is 30.6. The lowest BCUT2D eigenvalue weighted by Gasteiger charge is -2.36. The molecule has 4 heterocycles. The molecule has 10 nitrogen and oxygen atoms in total. The average Bonchev–Trinajstić information content (AvgIpc) is 3.81. The molecule has 2 aromatic carbocycles. The monoisotopic (exact) mass is 599 g/mol. The molecular formula is C34H45N7O3. The van der Waals surface area contributed by atoms with E-state index in [-0.39, 0.29) is 29.6 Å². The van der Waals surface area contributed by atoms with Gasteiger partial charge in [0.15, 0.2) is 0 Å². The van der Waals surface area contributed by atoms with E-state index in [0.29, 0.717) is 32.5 Å². The minimum Gasteiger partial charge on any atom is -0.350 e. The van der Waals surface area contributed by atoms with E-state index in [1.165, 1.54) is 11.1 Å². The number of amides is 3. The SMILES string of the molecule is CCCc1ccc(C[C@@H]2C[C@@H](C(=O)NCc3ccc4c(c3)nnn4C)N(C(=O)[C@@H]3NCCC[C@@H]3C(=O)N3CCCC3)C2)cc1.